The maximum absolute atomic E-state index is 9.46. The van der Waals surface area contributed by atoms with E-state index in [1.165, 1.54) is 0 Å². The molecule has 1 aromatic heterocycles. The summed E-state index contributed by atoms with van der Waals surface area (Å²) in [6, 6.07) is 1.94. The SMILES string of the molecule is CNCC(O)c1cc(Br)cs1. The van der Waals surface area contributed by atoms with Gasteiger partial charge in [0.1, 0.15) is 6.10 Å². The lowest BCUT2D eigenvalue weighted by Gasteiger charge is -2.05. The van der Waals surface area contributed by atoms with Crippen LogP contribution in [0.5, 0.6) is 0 Å². The van der Waals surface area contributed by atoms with Crippen molar-refractivity contribution in [3.8, 4) is 0 Å². The molecule has 11 heavy (non-hydrogen) atoms. The number of aliphatic hydroxyl groups is 1. The first-order valence-electron chi connectivity index (χ1n) is 3.30. The first-order chi connectivity index (χ1) is 5.24. The van der Waals surface area contributed by atoms with Gasteiger partial charge < -0.3 is 10.4 Å². The van der Waals surface area contributed by atoms with Crippen molar-refractivity contribution in [1.29, 1.82) is 0 Å². The number of hydrogen-bond donors (Lipinski definition) is 2. The summed E-state index contributed by atoms with van der Waals surface area (Å²) in [5.41, 5.74) is 0. The molecule has 0 radical (unpaired) electrons. The lowest BCUT2D eigenvalue weighted by molar-refractivity contribution is 0.181. The average molecular weight is 236 g/mol. The van der Waals surface area contributed by atoms with Crippen LogP contribution in [0.15, 0.2) is 15.9 Å². The van der Waals surface area contributed by atoms with Gasteiger partial charge in [-0.25, -0.2) is 0 Å². The summed E-state index contributed by atoms with van der Waals surface area (Å²) in [7, 11) is 1.83. The van der Waals surface area contributed by atoms with Gasteiger partial charge in [0.2, 0.25) is 0 Å². The van der Waals surface area contributed by atoms with E-state index in [1.807, 2.05) is 18.5 Å². The van der Waals surface area contributed by atoms with E-state index in [2.05, 4.69) is 21.2 Å². The maximum Gasteiger partial charge on any atom is 0.101 e. The fourth-order valence-corrected chi connectivity index (χ4v) is 2.23. The Labute approximate surface area is 78.4 Å². The van der Waals surface area contributed by atoms with Crippen LogP contribution in [0.4, 0.5) is 0 Å². The molecule has 0 fully saturated rings. The van der Waals surface area contributed by atoms with E-state index in [9.17, 15) is 5.11 Å². The number of rotatable bonds is 3. The highest BCUT2D eigenvalue weighted by atomic mass is 79.9. The normalized spacial score (nSPS) is 13.4. The van der Waals surface area contributed by atoms with Crippen molar-refractivity contribution in [2.24, 2.45) is 0 Å². The van der Waals surface area contributed by atoms with Crippen LogP contribution < -0.4 is 5.32 Å². The lowest BCUT2D eigenvalue weighted by atomic mass is 10.3. The molecule has 0 aliphatic carbocycles. The number of nitrogens with one attached hydrogen (secondary N) is 1. The van der Waals surface area contributed by atoms with Gasteiger partial charge in [0.15, 0.2) is 0 Å². The topological polar surface area (TPSA) is 32.3 Å². The van der Waals surface area contributed by atoms with Gasteiger partial charge in [-0.3, -0.25) is 0 Å². The van der Waals surface area contributed by atoms with E-state index in [0.29, 0.717) is 6.54 Å². The van der Waals surface area contributed by atoms with Crippen molar-refractivity contribution in [3.05, 3.63) is 20.8 Å². The molecule has 2 N–H and O–H groups in total. The molecular weight excluding hydrogens is 226 g/mol. The van der Waals surface area contributed by atoms with Crippen LogP contribution in [-0.2, 0) is 0 Å². The molecule has 1 atom stereocenters. The summed E-state index contributed by atoms with van der Waals surface area (Å²) in [6.45, 7) is 0.604. The summed E-state index contributed by atoms with van der Waals surface area (Å²) in [5.74, 6) is 0. The van der Waals surface area contributed by atoms with Crippen molar-refractivity contribution >= 4 is 27.3 Å². The monoisotopic (exact) mass is 235 g/mol. The fraction of sp³-hybridized carbons (Fsp3) is 0.429. The summed E-state index contributed by atoms with van der Waals surface area (Å²) >= 11 is 4.89. The van der Waals surface area contributed by atoms with E-state index in [1.54, 1.807) is 11.3 Å². The van der Waals surface area contributed by atoms with Crippen molar-refractivity contribution in [2.45, 2.75) is 6.10 Å². The van der Waals surface area contributed by atoms with E-state index in [-0.39, 0.29) is 6.10 Å². The fourth-order valence-electron chi connectivity index (χ4n) is 0.797. The largest absolute Gasteiger partial charge is 0.386 e. The maximum atomic E-state index is 9.46. The van der Waals surface area contributed by atoms with Crippen LogP contribution >= 0.6 is 27.3 Å². The van der Waals surface area contributed by atoms with Gasteiger partial charge in [-0.2, -0.15) is 0 Å². The third kappa shape index (κ3) is 2.56. The molecule has 1 rings (SSSR count). The number of thiophene rings is 1. The second-order valence-electron chi connectivity index (χ2n) is 2.24. The Balaban J connectivity index is 2.60. The highest BCUT2D eigenvalue weighted by molar-refractivity contribution is 9.10. The Morgan fingerprint density at radius 2 is 2.55 bits per heavy atom. The predicted molar refractivity (Wildman–Crippen MR) is 50.9 cm³/mol. The molecule has 1 heterocycles. The molecule has 0 aromatic carbocycles. The number of halogens is 1. The van der Waals surface area contributed by atoms with Crippen LogP contribution in [0, 0.1) is 0 Å². The smallest absolute Gasteiger partial charge is 0.101 e. The molecule has 1 unspecified atom stereocenters. The van der Waals surface area contributed by atoms with E-state index < -0.39 is 0 Å². The molecule has 62 valence electrons. The first kappa shape index (κ1) is 9.19. The van der Waals surface area contributed by atoms with Crippen LogP contribution in [0.25, 0.3) is 0 Å². The molecule has 0 saturated heterocycles. The molecule has 1 aromatic rings. The van der Waals surface area contributed by atoms with Gasteiger partial charge in [-0.15, -0.1) is 11.3 Å². The summed E-state index contributed by atoms with van der Waals surface area (Å²) in [5, 5.41) is 14.3. The van der Waals surface area contributed by atoms with Gasteiger partial charge in [0.05, 0.1) is 0 Å². The summed E-state index contributed by atoms with van der Waals surface area (Å²) in [6.07, 6.45) is -0.378. The zero-order valence-corrected chi connectivity index (χ0v) is 8.58. The molecule has 0 aliphatic heterocycles. The van der Waals surface area contributed by atoms with Gasteiger partial charge in [-0.05, 0) is 29.0 Å². The van der Waals surface area contributed by atoms with Crippen molar-refractivity contribution in [3.63, 3.8) is 0 Å². The minimum absolute atomic E-state index is 0.378. The first-order valence-corrected chi connectivity index (χ1v) is 4.98. The highest BCUT2D eigenvalue weighted by Gasteiger charge is 2.07. The number of hydrogen-bond acceptors (Lipinski definition) is 3. The zero-order chi connectivity index (χ0) is 8.27. The van der Waals surface area contributed by atoms with E-state index >= 15 is 0 Å². The molecular formula is C7H10BrNOS. The van der Waals surface area contributed by atoms with Gasteiger partial charge >= 0.3 is 0 Å². The van der Waals surface area contributed by atoms with Crippen LogP contribution in [0.2, 0.25) is 0 Å². The van der Waals surface area contributed by atoms with Gasteiger partial charge in [0, 0.05) is 21.3 Å². The summed E-state index contributed by atoms with van der Waals surface area (Å²) in [4.78, 5) is 0.992. The Morgan fingerprint density at radius 3 is 3.00 bits per heavy atom. The van der Waals surface area contributed by atoms with E-state index in [0.717, 1.165) is 9.35 Å². The summed E-state index contributed by atoms with van der Waals surface area (Å²) < 4.78 is 1.03. The molecule has 0 aliphatic rings. The predicted octanol–water partition coefficient (Wildman–Crippen LogP) is 1.76. The van der Waals surface area contributed by atoms with Crippen LogP contribution in [0.1, 0.15) is 11.0 Å². The highest BCUT2D eigenvalue weighted by Crippen LogP contribution is 2.24. The van der Waals surface area contributed by atoms with Gasteiger partial charge in [0.25, 0.3) is 0 Å². The number of aliphatic hydroxyl groups excluding tert-OH is 1. The van der Waals surface area contributed by atoms with Crippen molar-refractivity contribution in [1.82, 2.24) is 5.32 Å². The second kappa shape index (κ2) is 4.21. The van der Waals surface area contributed by atoms with Crippen molar-refractivity contribution < 1.29 is 5.11 Å². The quantitative estimate of drug-likeness (QED) is 0.838. The van der Waals surface area contributed by atoms with Gasteiger partial charge in [-0.1, -0.05) is 0 Å². The molecule has 2 nitrogen and oxygen atoms in total. The Bertz CT molecular complexity index is 226. The molecule has 4 heteroatoms. The second-order valence-corrected chi connectivity index (χ2v) is 4.10. The Morgan fingerprint density at radius 1 is 1.82 bits per heavy atom. The third-order valence-corrected chi connectivity index (χ3v) is 3.11. The standard InChI is InChI=1S/C7H10BrNOS/c1-9-3-6(10)7-2-5(8)4-11-7/h2,4,6,9-10H,3H2,1H3. The third-order valence-electron chi connectivity index (χ3n) is 1.31. The molecule has 0 bridgehead atoms. The van der Waals surface area contributed by atoms with Crippen LogP contribution in [0.3, 0.4) is 0 Å². The number of likely N-dealkylation sites (N-methyl/N-ethyl adjacent to an activating group) is 1. The molecule has 0 amide bonds. The zero-order valence-electron chi connectivity index (χ0n) is 6.17. The molecule has 0 saturated carbocycles. The lowest BCUT2D eigenvalue weighted by Crippen LogP contribution is -2.15. The Kier molecular flexibility index (Phi) is 3.51. The Hall–Kier alpha value is 0.1000. The minimum Gasteiger partial charge on any atom is -0.386 e. The van der Waals surface area contributed by atoms with Crippen molar-refractivity contribution in [2.75, 3.05) is 13.6 Å². The van der Waals surface area contributed by atoms with E-state index in [4.69, 9.17) is 0 Å². The van der Waals surface area contributed by atoms with Crippen LogP contribution in [-0.4, -0.2) is 18.7 Å². The average Bonchev–Trinajstić information content (AvgIpc) is 2.36. The molecule has 0 spiro atoms. The minimum atomic E-state index is -0.378.